The van der Waals surface area contributed by atoms with Crippen LogP contribution in [0.25, 0.3) is 5.78 Å². The number of fused-ring (bicyclic) bond motifs is 1. The van der Waals surface area contributed by atoms with Gasteiger partial charge in [0.05, 0.1) is 18.6 Å². The molecular formula is C21H24F3N5O3S. The van der Waals surface area contributed by atoms with Crippen LogP contribution in [0.2, 0.25) is 0 Å². The highest BCUT2D eigenvalue weighted by Crippen LogP contribution is 2.31. The Labute approximate surface area is 192 Å². The van der Waals surface area contributed by atoms with Crippen LogP contribution in [0.5, 0.6) is 0 Å². The summed E-state index contributed by atoms with van der Waals surface area (Å²) in [5.41, 5.74) is 2.25. The first-order valence-corrected chi connectivity index (χ1v) is 11.2. The van der Waals surface area contributed by atoms with Crippen molar-refractivity contribution in [1.29, 1.82) is 0 Å². The number of hydrogen-bond donors (Lipinski definition) is 1. The zero-order chi connectivity index (χ0) is 24.5. The molecule has 0 saturated carbocycles. The number of thiophene rings is 1. The van der Waals surface area contributed by atoms with Gasteiger partial charge in [0.15, 0.2) is 0 Å². The summed E-state index contributed by atoms with van der Waals surface area (Å²) in [7, 11) is 0. The van der Waals surface area contributed by atoms with Crippen LogP contribution >= 0.6 is 11.3 Å². The molecule has 0 aliphatic heterocycles. The number of nitrogens with one attached hydrogen (secondary N) is 1. The molecule has 1 N–H and O–H groups in total. The molecule has 0 aliphatic carbocycles. The van der Waals surface area contributed by atoms with Crippen molar-refractivity contribution < 1.29 is 27.5 Å². The molecule has 0 atom stereocenters. The number of esters is 1. The molecule has 0 aliphatic rings. The second kappa shape index (κ2) is 9.46. The number of aromatic nitrogens is 4. The molecule has 3 aromatic heterocycles. The smallest absolute Gasteiger partial charge is 0.453 e. The van der Waals surface area contributed by atoms with Crippen molar-refractivity contribution >= 4 is 34.0 Å². The number of hydrogen-bond acceptors (Lipinski definition) is 7. The van der Waals surface area contributed by atoms with Gasteiger partial charge in [-0.25, -0.2) is 14.3 Å². The van der Waals surface area contributed by atoms with E-state index in [1.807, 2.05) is 19.2 Å². The van der Waals surface area contributed by atoms with E-state index in [0.717, 1.165) is 10.1 Å². The van der Waals surface area contributed by atoms with Gasteiger partial charge in [-0.2, -0.15) is 18.2 Å². The Balaban J connectivity index is 1.89. The molecule has 0 bridgehead atoms. The summed E-state index contributed by atoms with van der Waals surface area (Å²) in [6.45, 7) is 9.09. The van der Waals surface area contributed by atoms with Gasteiger partial charge in [0.2, 0.25) is 5.91 Å². The molecule has 33 heavy (non-hydrogen) atoms. The van der Waals surface area contributed by atoms with E-state index >= 15 is 0 Å². The first-order valence-electron chi connectivity index (χ1n) is 10.3. The number of rotatable bonds is 7. The van der Waals surface area contributed by atoms with Crippen LogP contribution in [0.4, 0.5) is 18.2 Å². The normalized spacial score (nSPS) is 11.9. The van der Waals surface area contributed by atoms with Crippen molar-refractivity contribution in [3.8, 4) is 0 Å². The molecule has 0 radical (unpaired) electrons. The summed E-state index contributed by atoms with van der Waals surface area (Å²) in [4.78, 5) is 32.9. The van der Waals surface area contributed by atoms with Crippen LogP contribution in [-0.2, 0) is 28.5 Å². The summed E-state index contributed by atoms with van der Waals surface area (Å²) in [5, 5.41) is 8.44. The molecule has 1 amide bonds. The van der Waals surface area contributed by atoms with Crippen LogP contribution in [0.3, 0.4) is 0 Å². The van der Waals surface area contributed by atoms with Gasteiger partial charge in [0, 0.05) is 17.0 Å². The maximum Gasteiger partial charge on any atom is 0.453 e. The SMILES string of the molecule is CCOC(=O)c1c(CC(C)C)csc1NC(=O)Cc1c(C)nc2nc(C(F)(F)F)nn2c1C. The van der Waals surface area contributed by atoms with Gasteiger partial charge in [0.1, 0.15) is 5.00 Å². The van der Waals surface area contributed by atoms with Gasteiger partial charge in [-0.15, -0.1) is 16.4 Å². The van der Waals surface area contributed by atoms with E-state index in [1.54, 1.807) is 20.8 Å². The van der Waals surface area contributed by atoms with Crippen molar-refractivity contribution in [1.82, 2.24) is 19.6 Å². The number of ether oxygens (including phenoxy) is 1. The molecular weight excluding hydrogens is 459 g/mol. The molecule has 3 heterocycles. The van der Waals surface area contributed by atoms with Crippen LogP contribution in [0.1, 0.15) is 59.5 Å². The van der Waals surface area contributed by atoms with E-state index in [0.29, 0.717) is 39.9 Å². The number of carbonyl (C=O) groups excluding carboxylic acids is 2. The largest absolute Gasteiger partial charge is 0.462 e. The average molecular weight is 484 g/mol. The van der Waals surface area contributed by atoms with Crippen molar-refractivity contribution in [2.24, 2.45) is 5.92 Å². The van der Waals surface area contributed by atoms with Crippen molar-refractivity contribution in [2.75, 3.05) is 11.9 Å². The lowest BCUT2D eigenvalue weighted by Crippen LogP contribution is -2.19. The number of anilines is 1. The maximum absolute atomic E-state index is 13.0. The Morgan fingerprint density at radius 3 is 2.55 bits per heavy atom. The minimum absolute atomic E-state index is 0.165. The topological polar surface area (TPSA) is 98.5 Å². The summed E-state index contributed by atoms with van der Waals surface area (Å²) < 4.78 is 45.1. The minimum Gasteiger partial charge on any atom is -0.462 e. The van der Waals surface area contributed by atoms with Crippen molar-refractivity contribution in [3.05, 3.63) is 39.3 Å². The van der Waals surface area contributed by atoms with Gasteiger partial charge < -0.3 is 10.1 Å². The molecule has 0 unspecified atom stereocenters. The molecule has 8 nitrogen and oxygen atoms in total. The highest BCUT2D eigenvalue weighted by molar-refractivity contribution is 7.15. The third-order valence-corrected chi connectivity index (χ3v) is 5.81. The molecule has 0 spiro atoms. The average Bonchev–Trinajstić information content (AvgIpc) is 3.29. The Morgan fingerprint density at radius 1 is 1.24 bits per heavy atom. The third-order valence-electron chi connectivity index (χ3n) is 4.87. The quantitative estimate of drug-likeness (QED) is 0.501. The summed E-state index contributed by atoms with van der Waals surface area (Å²) in [6, 6.07) is 0. The van der Waals surface area contributed by atoms with E-state index in [4.69, 9.17) is 4.74 Å². The second-order valence-electron chi connectivity index (χ2n) is 7.91. The summed E-state index contributed by atoms with van der Waals surface area (Å²) >= 11 is 1.23. The minimum atomic E-state index is -4.71. The Hall–Kier alpha value is -3.02. The summed E-state index contributed by atoms with van der Waals surface area (Å²) in [5.74, 6) is -2.15. The molecule has 12 heteroatoms. The molecule has 0 saturated heterocycles. The highest BCUT2D eigenvalue weighted by atomic mass is 32.1. The van der Waals surface area contributed by atoms with Gasteiger partial charge in [0.25, 0.3) is 11.6 Å². The number of amides is 1. The van der Waals surface area contributed by atoms with Crippen molar-refractivity contribution in [3.63, 3.8) is 0 Å². The fourth-order valence-corrected chi connectivity index (χ4v) is 4.40. The van der Waals surface area contributed by atoms with Gasteiger partial charge >= 0.3 is 12.1 Å². The molecule has 178 valence electrons. The molecule has 0 fully saturated rings. The fourth-order valence-electron chi connectivity index (χ4n) is 3.42. The Morgan fingerprint density at radius 2 is 1.94 bits per heavy atom. The van der Waals surface area contributed by atoms with Gasteiger partial charge in [-0.1, -0.05) is 13.8 Å². The van der Waals surface area contributed by atoms with Crippen LogP contribution in [0.15, 0.2) is 5.38 Å². The zero-order valence-corrected chi connectivity index (χ0v) is 19.6. The van der Waals surface area contributed by atoms with Crippen LogP contribution < -0.4 is 5.32 Å². The maximum atomic E-state index is 13.0. The first kappa shape index (κ1) is 24.6. The zero-order valence-electron chi connectivity index (χ0n) is 18.8. The predicted octanol–water partition coefficient (Wildman–Crippen LogP) is 4.38. The predicted molar refractivity (Wildman–Crippen MR) is 116 cm³/mol. The molecule has 0 aromatic carbocycles. The Bertz CT molecular complexity index is 1200. The second-order valence-corrected chi connectivity index (χ2v) is 8.79. The lowest BCUT2D eigenvalue weighted by molar-refractivity contribution is -0.144. The first-order chi connectivity index (χ1) is 15.4. The summed E-state index contributed by atoms with van der Waals surface area (Å²) in [6.07, 6.45) is -4.23. The van der Waals surface area contributed by atoms with Crippen LogP contribution in [0, 0.1) is 19.8 Å². The lowest BCUT2D eigenvalue weighted by atomic mass is 10.0. The van der Waals surface area contributed by atoms with Gasteiger partial charge in [-0.3, -0.25) is 4.79 Å². The molecule has 3 rings (SSSR count). The number of halogens is 3. The number of nitrogens with zero attached hydrogens (tertiary/aromatic N) is 4. The Kier molecular flexibility index (Phi) is 7.06. The van der Waals surface area contributed by atoms with E-state index in [1.165, 1.54) is 11.3 Å². The highest BCUT2D eigenvalue weighted by Gasteiger charge is 2.37. The third kappa shape index (κ3) is 5.32. The lowest BCUT2D eigenvalue weighted by Gasteiger charge is -2.12. The van der Waals surface area contributed by atoms with E-state index in [-0.39, 0.29) is 18.8 Å². The fraction of sp³-hybridized carbons (Fsp3) is 0.476. The molecule has 3 aromatic rings. The number of carbonyl (C=O) groups is 2. The van der Waals surface area contributed by atoms with Gasteiger partial charge in [-0.05, 0) is 44.1 Å². The van der Waals surface area contributed by atoms with E-state index in [9.17, 15) is 22.8 Å². The van der Waals surface area contributed by atoms with Crippen molar-refractivity contribution in [2.45, 2.75) is 53.6 Å². The number of alkyl halides is 3. The van der Waals surface area contributed by atoms with E-state index in [2.05, 4.69) is 20.4 Å². The van der Waals surface area contributed by atoms with E-state index < -0.39 is 23.9 Å². The van der Waals surface area contributed by atoms with Crippen LogP contribution in [-0.4, -0.2) is 38.1 Å². The standard InChI is InChI=1S/C21H24F3N5O3S/c1-6-32-18(31)16-13(7-10(2)3)9-33-17(16)26-15(30)8-14-11(4)25-20-27-19(21(22,23)24)28-29(20)12(14)5/h9-10H,6-8H2,1-5H3,(H,26,30). The number of aryl methyl sites for hydroxylation is 2. The monoisotopic (exact) mass is 483 g/mol.